The number of hydrogen-bond acceptors (Lipinski definition) is 4. The van der Waals surface area contributed by atoms with Gasteiger partial charge in [0.2, 0.25) is 0 Å². The van der Waals surface area contributed by atoms with Gasteiger partial charge in [-0.3, -0.25) is 14.0 Å². The van der Waals surface area contributed by atoms with Gasteiger partial charge in [-0.15, -0.1) is 0 Å². The maximum Gasteiger partial charge on any atom is 0.302 e. The molecule has 1 aromatic carbocycles. The van der Waals surface area contributed by atoms with E-state index in [1.54, 1.807) is 6.92 Å². The number of rotatable bonds is 3. The van der Waals surface area contributed by atoms with Gasteiger partial charge in [-0.25, -0.2) is 0 Å². The molecule has 6 heteroatoms. The molecule has 0 aliphatic carbocycles. The third-order valence-corrected chi connectivity index (χ3v) is 3.92. The number of carbonyl (C=O) groups is 1. The Morgan fingerprint density at radius 2 is 2.13 bits per heavy atom. The van der Waals surface area contributed by atoms with Crippen LogP contribution in [-0.4, -0.2) is 22.0 Å². The standard InChI is InChI=1S/C17H15N3O3/c1-10-12(7-8-23-11(2)21)17(22)20-15-6-4-3-5-14(15)19-16(20)13(10)9-18/h3-6,19H,7-8H2,1-2H3. The van der Waals surface area contributed by atoms with Crippen molar-refractivity contribution < 1.29 is 9.53 Å². The zero-order chi connectivity index (χ0) is 16.6. The molecule has 3 rings (SSSR count). The monoisotopic (exact) mass is 309 g/mol. The van der Waals surface area contributed by atoms with Crippen molar-refractivity contribution in [3.8, 4) is 6.07 Å². The topological polar surface area (TPSA) is 87.4 Å². The SMILES string of the molecule is CC(=O)OCCc1c(C)c(C#N)c2[nH]c3ccccc3n2c1=O. The fourth-order valence-electron chi connectivity index (χ4n) is 2.82. The summed E-state index contributed by atoms with van der Waals surface area (Å²) in [5, 5.41) is 9.50. The van der Waals surface area contributed by atoms with E-state index in [9.17, 15) is 14.9 Å². The van der Waals surface area contributed by atoms with Crippen molar-refractivity contribution in [2.75, 3.05) is 6.61 Å². The number of ether oxygens (including phenoxy) is 1. The average Bonchev–Trinajstić information content (AvgIpc) is 2.90. The molecule has 0 saturated carbocycles. The molecular weight excluding hydrogens is 294 g/mol. The van der Waals surface area contributed by atoms with E-state index in [0.29, 0.717) is 22.3 Å². The van der Waals surface area contributed by atoms with E-state index in [-0.39, 0.29) is 18.6 Å². The first kappa shape index (κ1) is 14.9. The van der Waals surface area contributed by atoms with E-state index < -0.39 is 5.97 Å². The quantitative estimate of drug-likeness (QED) is 0.750. The van der Waals surface area contributed by atoms with Crippen LogP contribution in [0.1, 0.15) is 23.6 Å². The van der Waals surface area contributed by atoms with E-state index in [1.165, 1.54) is 11.3 Å². The number of hydrogen-bond donors (Lipinski definition) is 1. The predicted octanol–water partition coefficient (Wildman–Crippen LogP) is 2.07. The zero-order valence-corrected chi connectivity index (χ0v) is 12.8. The summed E-state index contributed by atoms with van der Waals surface area (Å²) in [4.78, 5) is 26.9. The van der Waals surface area contributed by atoms with Crippen LogP contribution in [0.5, 0.6) is 0 Å². The smallest absolute Gasteiger partial charge is 0.302 e. The molecule has 0 saturated heterocycles. The van der Waals surface area contributed by atoms with Crippen molar-refractivity contribution in [3.05, 3.63) is 51.3 Å². The highest BCUT2D eigenvalue weighted by molar-refractivity contribution is 5.82. The number of esters is 1. The first-order valence-corrected chi connectivity index (χ1v) is 7.23. The van der Waals surface area contributed by atoms with Crippen LogP contribution in [0.25, 0.3) is 16.7 Å². The lowest BCUT2D eigenvalue weighted by Gasteiger charge is -2.09. The number of pyridine rings is 1. The minimum atomic E-state index is -0.392. The predicted molar refractivity (Wildman–Crippen MR) is 85.3 cm³/mol. The first-order valence-electron chi connectivity index (χ1n) is 7.23. The summed E-state index contributed by atoms with van der Waals surface area (Å²) in [6.07, 6.45) is 0.279. The lowest BCUT2D eigenvalue weighted by atomic mass is 10.0. The average molecular weight is 309 g/mol. The van der Waals surface area contributed by atoms with Crippen LogP contribution < -0.4 is 5.56 Å². The summed E-state index contributed by atoms with van der Waals surface area (Å²) in [6.45, 7) is 3.18. The van der Waals surface area contributed by atoms with Crippen LogP contribution in [0.3, 0.4) is 0 Å². The Labute approximate surface area is 131 Å². The fourth-order valence-corrected chi connectivity index (χ4v) is 2.82. The number of fused-ring (bicyclic) bond motifs is 3. The van der Waals surface area contributed by atoms with Crippen LogP contribution >= 0.6 is 0 Å². The molecule has 0 aliphatic heterocycles. The van der Waals surface area contributed by atoms with Gasteiger partial charge in [0.1, 0.15) is 11.7 Å². The zero-order valence-electron chi connectivity index (χ0n) is 12.8. The van der Waals surface area contributed by atoms with Crippen molar-refractivity contribution in [1.82, 2.24) is 9.38 Å². The van der Waals surface area contributed by atoms with E-state index in [1.807, 2.05) is 24.3 Å². The molecule has 1 N–H and O–H groups in total. The van der Waals surface area contributed by atoms with Gasteiger partial charge in [0.25, 0.3) is 5.56 Å². The van der Waals surface area contributed by atoms with Crippen LogP contribution in [-0.2, 0) is 16.0 Å². The molecular formula is C17H15N3O3. The Morgan fingerprint density at radius 1 is 1.39 bits per heavy atom. The molecule has 3 aromatic rings. The van der Waals surface area contributed by atoms with E-state index in [4.69, 9.17) is 4.74 Å². The minimum absolute atomic E-state index is 0.116. The Bertz CT molecular complexity index is 1020. The van der Waals surface area contributed by atoms with Crippen molar-refractivity contribution in [1.29, 1.82) is 5.26 Å². The minimum Gasteiger partial charge on any atom is -0.466 e. The first-order chi connectivity index (χ1) is 11.0. The summed E-state index contributed by atoms with van der Waals surface area (Å²) in [5.74, 6) is -0.392. The van der Waals surface area contributed by atoms with Crippen molar-refractivity contribution in [3.63, 3.8) is 0 Å². The molecule has 2 aromatic heterocycles. The van der Waals surface area contributed by atoms with E-state index in [2.05, 4.69) is 11.1 Å². The number of aromatic amines is 1. The van der Waals surface area contributed by atoms with Gasteiger partial charge < -0.3 is 9.72 Å². The molecule has 0 aliphatic rings. The molecule has 23 heavy (non-hydrogen) atoms. The van der Waals surface area contributed by atoms with Gasteiger partial charge in [-0.2, -0.15) is 5.26 Å². The van der Waals surface area contributed by atoms with Gasteiger partial charge in [-0.05, 0) is 24.6 Å². The summed E-state index contributed by atoms with van der Waals surface area (Å²) >= 11 is 0. The highest BCUT2D eigenvalue weighted by Crippen LogP contribution is 2.21. The second kappa shape index (κ2) is 5.61. The second-order valence-corrected chi connectivity index (χ2v) is 5.31. The third-order valence-electron chi connectivity index (χ3n) is 3.92. The van der Waals surface area contributed by atoms with Crippen LogP contribution in [0.4, 0.5) is 0 Å². The second-order valence-electron chi connectivity index (χ2n) is 5.31. The lowest BCUT2D eigenvalue weighted by Crippen LogP contribution is -2.22. The molecule has 0 spiro atoms. The maximum absolute atomic E-state index is 12.9. The molecule has 0 fully saturated rings. The molecule has 0 radical (unpaired) electrons. The number of aromatic nitrogens is 2. The third kappa shape index (κ3) is 2.36. The van der Waals surface area contributed by atoms with Crippen molar-refractivity contribution in [2.45, 2.75) is 20.3 Å². The Kier molecular flexibility index (Phi) is 3.62. The van der Waals surface area contributed by atoms with E-state index >= 15 is 0 Å². The van der Waals surface area contributed by atoms with E-state index in [0.717, 1.165) is 11.0 Å². The summed E-state index contributed by atoms with van der Waals surface area (Å²) in [7, 11) is 0. The lowest BCUT2D eigenvalue weighted by molar-refractivity contribution is -0.140. The molecule has 0 atom stereocenters. The maximum atomic E-state index is 12.9. The van der Waals surface area contributed by atoms with Gasteiger partial charge >= 0.3 is 5.97 Å². The number of nitriles is 1. The summed E-state index contributed by atoms with van der Waals surface area (Å²) < 4.78 is 6.45. The van der Waals surface area contributed by atoms with Crippen LogP contribution in [0.15, 0.2) is 29.1 Å². The van der Waals surface area contributed by atoms with Crippen molar-refractivity contribution >= 4 is 22.6 Å². The number of nitrogens with one attached hydrogen (secondary N) is 1. The molecule has 0 bridgehead atoms. The molecule has 0 amide bonds. The van der Waals surface area contributed by atoms with Crippen molar-refractivity contribution in [2.24, 2.45) is 0 Å². The summed E-state index contributed by atoms with van der Waals surface area (Å²) in [5.41, 5.74) is 3.35. The highest BCUT2D eigenvalue weighted by atomic mass is 16.5. The normalized spacial score (nSPS) is 10.8. The Hall–Kier alpha value is -3.07. The Morgan fingerprint density at radius 3 is 2.83 bits per heavy atom. The van der Waals surface area contributed by atoms with Gasteiger partial charge in [0.15, 0.2) is 0 Å². The highest BCUT2D eigenvalue weighted by Gasteiger charge is 2.18. The fraction of sp³-hybridized carbons (Fsp3) is 0.235. The van der Waals surface area contributed by atoms with Crippen LogP contribution in [0, 0.1) is 18.3 Å². The number of carbonyl (C=O) groups excluding carboxylic acids is 1. The molecule has 2 heterocycles. The molecule has 116 valence electrons. The van der Waals surface area contributed by atoms with Gasteiger partial charge in [-0.1, -0.05) is 12.1 Å². The van der Waals surface area contributed by atoms with Gasteiger partial charge in [0, 0.05) is 18.9 Å². The number of H-pyrrole nitrogens is 1. The number of nitrogens with zero attached hydrogens (tertiary/aromatic N) is 2. The number of benzene rings is 1. The number of imidazole rings is 1. The number of para-hydroxylation sites is 2. The molecule has 0 unspecified atom stereocenters. The Balaban J connectivity index is 2.29. The van der Waals surface area contributed by atoms with Gasteiger partial charge in [0.05, 0.1) is 23.2 Å². The van der Waals surface area contributed by atoms with Crippen LogP contribution in [0.2, 0.25) is 0 Å². The molecule has 6 nitrogen and oxygen atoms in total. The summed E-state index contributed by atoms with van der Waals surface area (Å²) in [6, 6.07) is 9.56. The largest absolute Gasteiger partial charge is 0.466 e.